The lowest BCUT2D eigenvalue weighted by atomic mass is 9.93. The second kappa shape index (κ2) is 6.77. The van der Waals surface area contributed by atoms with E-state index in [0.717, 1.165) is 11.9 Å². The topological polar surface area (TPSA) is 94.2 Å². The Morgan fingerprint density at radius 3 is 2.69 bits per heavy atom. The highest BCUT2D eigenvalue weighted by Gasteiger charge is 2.22. The number of fused-ring (bicyclic) bond motifs is 2. The second-order valence-corrected chi connectivity index (χ2v) is 7.73. The van der Waals surface area contributed by atoms with Crippen LogP contribution in [0.4, 0.5) is 10.2 Å². The highest BCUT2D eigenvalue weighted by Crippen LogP contribution is 2.23. The minimum Gasteiger partial charge on any atom is -0.309 e. The first-order chi connectivity index (χ1) is 13.7. The van der Waals surface area contributed by atoms with Gasteiger partial charge in [-0.2, -0.15) is 9.61 Å². The molecule has 0 spiro atoms. The van der Waals surface area contributed by atoms with Crippen LogP contribution in [0, 0.1) is 5.82 Å². The average molecular weight is 394 g/mol. The van der Waals surface area contributed by atoms with Crippen molar-refractivity contribution >= 4 is 28.4 Å². The summed E-state index contributed by atoms with van der Waals surface area (Å²) < 4.78 is 16.0. The Hall–Kier alpha value is -3.62. The maximum atomic E-state index is 13.0. The summed E-state index contributed by atoms with van der Waals surface area (Å²) >= 11 is 0. The van der Waals surface area contributed by atoms with Crippen molar-refractivity contribution in [3.8, 4) is 0 Å². The molecular weight excluding hydrogens is 375 g/mol. The van der Waals surface area contributed by atoms with E-state index < -0.39 is 5.82 Å². The quantitative estimate of drug-likeness (QED) is 0.576. The van der Waals surface area contributed by atoms with Crippen LogP contribution >= 0.6 is 0 Å². The summed E-state index contributed by atoms with van der Waals surface area (Å²) in [5.74, 6) is -0.649. The summed E-state index contributed by atoms with van der Waals surface area (Å²) in [5.41, 5.74) is 0.992. The van der Waals surface area contributed by atoms with Crippen molar-refractivity contribution in [3.63, 3.8) is 0 Å². The van der Waals surface area contributed by atoms with Crippen LogP contribution in [0.25, 0.3) is 16.7 Å². The van der Waals surface area contributed by atoms with Gasteiger partial charge < -0.3 is 9.88 Å². The summed E-state index contributed by atoms with van der Waals surface area (Å²) in [6.07, 6.45) is 2.59. The van der Waals surface area contributed by atoms with Crippen molar-refractivity contribution in [2.75, 3.05) is 5.32 Å². The van der Waals surface area contributed by atoms with Gasteiger partial charge in [0.25, 0.3) is 5.56 Å². The average Bonchev–Trinajstić information content (AvgIpc) is 3.13. The molecule has 0 fully saturated rings. The molecule has 0 aromatic carbocycles. The van der Waals surface area contributed by atoms with Gasteiger partial charge in [0.05, 0.1) is 17.3 Å². The van der Waals surface area contributed by atoms with Crippen molar-refractivity contribution in [3.05, 3.63) is 64.6 Å². The van der Waals surface area contributed by atoms with Crippen molar-refractivity contribution < 1.29 is 9.18 Å². The molecule has 1 N–H and O–H groups in total. The van der Waals surface area contributed by atoms with Gasteiger partial charge >= 0.3 is 0 Å². The molecule has 0 unspecified atom stereocenters. The number of hydrogen-bond acceptors (Lipinski definition) is 5. The summed E-state index contributed by atoms with van der Waals surface area (Å²) in [6.45, 7) is 5.86. The van der Waals surface area contributed by atoms with Crippen LogP contribution in [0.2, 0.25) is 0 Å². The Kier molecular flexibility index (Phi) is 4.37. The van der Waals surface area contributed by atoms with Crippen LogP contribution in [0.1, 0.15) is 26.5 Å². The number of aromatic nitrogens is 5. The largest absolute Gasteiger partial charge is 0.309 e. The molecule has 0 atom stereocenters. The number of halogens is 1. The molecule has 4 heterocycles. The van der Waals surface area contributed by atoms with E-state index in [2.05, 4.69) is 20.4 Å². The molecule has 148 valence electrons. The van der Waals surface area contributed by atoms with E-state index in [9.17, 15) is 14.0 Å². The Bertz CT molecular complexity index is 1280. The number of carbonyl (C=O) groups is 1. The van der Waals surface area contributed by atoms with Crippen LogP contribution in [0.5, 0.6) is 0 Å². The van der Waals surface area contributed by atoms with Crippen LogP contribution in [-0.2, 0) is 16.8 Å². The van der Waals surface area contributed by atoms with E-state index >= 15 is 0 Å². The molecule has 0 saturated carbocycles. The van der Waals surface area contributed by atoms with Gasteiger partial charge in [-0.25, -0.2) is 14.4 Å². The number of nitrogens with one attached hydrogen (secondary N) is 1. The molecule has 1 amide bonds. The zero-order valence-corrected chi connectivity index (χ0v) is 16.2. The molecule has 0 bridgehead atoms. The van der Waals surface area contributed by atoms with Gasteiger partial charge in [-0.3, -0.25) is 9.59 Å². The van der Waals surface area contributed by atoms with E-state index in [-0.39, 0.29) is 29.2 Å². The number of amides is 1. The SMILES string of the molecule is CC(C)(C)c1cc2n(CC(=O)Nc3ccc(F)cn3)c3ncccc3c(=O)n2n1. The molecule has 0 aliphatic carbocycles. The zero-order chi connectivity index (χ0) is 20.8. The van der Waals surface area contributed by atoms with Crippen molar-refractivity contribution in [2.24, 2.45) is 0 Å². The summed E-state index contributed by atoms with van der Waals surface area (Å²) in [4.78, 5) is 33.7. The van der Waals surface area contributed by atoms with E-state index in [1.54, 1.807) is 29.0 Å². The number of rotatable bonds is 3. The highest BCUT2D eigenvalue weighted by molar-refractivity contribution is 5.91. The normalized spacial score (nSPS) is 11.9. The number of pyridine rings is 2. The standard InChI is InChI=1S/C20H19FN6O2/c1-20(2,3)14-9-17-26(11-16(28)24-15-7-6-12(21)10-23-15)18-13(5-4-8-22-18)19(29)27(17)25-14/h4-10H,11H2,1-3H3,(H,23,24,28). The molecule has 0 aliphatic rings. The summed E-state index contributed by atoms with van der Waals surface area (Å²) in [5, 5.41) is 7.45. The fraction of sp³-hybridized carbons (Fsp3) is 0.250. The lowest BCUT2D eigenvalue weighted by molar-refractivity contribution is -0.116. The van der Waals surface area contributed by atoms with E-state index in [1.807, 2.05) is 20.8 Å². The summed E-state index contributed by atoms with van der Waals surface area (Å²) in [6, 6.07) is 7.69. The molecule has 9 heteroatoms. The van der Waals surface area contributed by atoms with E-state index in [4.69, 9.17) is 0 Å². The van der Waals surface area contributed by atoms with Crippen molar-refractivity contribution in [1.82, 2.24) is 24.1 Å². The fourth-order valence-electron chi connectivity index (χ4n) is 3.01. The summed E-state index contributed by atoms with van der Waals surface area (Å²) in [7, 11) is 0. The molecule has 4 aromatic heterocycles. The predicted octanol–water partition coefficient (Wildman–Crippen LogP) is 2.51. The predicted molar refractivity (Wildman–Crippen MR) is 106 cm³/mol. The third kappa shape index (κ3) is 3.46. The third-order valence-corrected chi connectivity index (χ3v) is 4.50. The van der Waals surface area contributed by atoms with Gasteiger partial charge in [0, 0.05) is 17.7 Å². The first kappa shape index (κ1) is 18.7. The van der Waals surface area contributed by atoms with Crippen LogP contribution in [-0.4, -0.2) is 30.1 Å². The Morgan fingerprint density at radius 2 is 2.00 bits per heavy atom. The molecule has 4 aromatic rings. The third-order valence-electron chi connectivity index (χ3n) is 4.50. The molecule has 0 saturated heterocycles. The van der Waals surface area contributed by atoms with Crippen LogP contribution in [0.15, 0.2) is 47.5 Å². The van der Waals surface area contributed by atoms with Crippen LogP contribution in [0.3, 0.4) is 0 Å². The molecule has 0 radical (unpaired) electrons. The lowest BCUT2D eigenvalue weighted by Crippen LogP contribution is -2.25. The van der Waals surface area contributed by atoms with Gasteiger partial charge in [-0.1, -0.05) is 20.8 Å². The van der Waals surface area contributed by atoms with Gasteiger partial charge in [0.15, 0.2) is 0 Å². The monoisotopic (exact) mass is 394 g/mol. The van der Waals surface area contributed by atoms with Crippen LogP contribution < -0.4 is 10.9 Å². The Labute approximate surface area is 165 Å². The molecule has 8 nitrogen and oxygen atoms in total. The molecule has 29 heavy (non-hydrogen) atoms. The zero-order valence-electron chi connectivity index (χ0n) is 16.2. The van der Waals surface area contributed by atoms with Crippen molar-refractivity contribution in [2.45, 2.75) is 32.7 Å². The maximum Gasteiger partial charge on any atom is 0.283 e. The highest BCUT2D eigenvalue weighted by atomic mass is 19.1. The number of nitrogens with zero attached hydrogens (tertiary/aromatic N) is 5. The Balaban J connectivity index is 1.83. The number of anilines is 1. The number of carbonyl (C=O) groups excluding carboxylic acids is 1. The number of hydrogen-bond donors (Lipinski definition) is 1. The smallest absolute Gasteiger partial charge is 0.283 e. The molecule has 4 rings (SSSR count). The van der Waals surface area contributed by atoms with Gasteiger partial charge in [-0.05, 0) is 24.3 Å². The first-order valence-electron chi connectivity index (χ1n) is 9.03. The van der Waals surface area contributed by atoms with Gasteiger partial charge in [-0.15, -0.1) is 0 Å². The minimum atomic E-state index is -0.491. The fourth-order valence-corrected chi connectivity index (χ4v) is 3.01. The van der Waals surface area contributed by atoms with E-state index in [0.29, 0.717) is 16.7 Å². The molecular formula is C20H19FN6O2. The minimum absolute atomic E-state index is 0.119. The molecule has 0 aliphatic heterocycles. The lowest BCUT2D eigenvalue weighted by Gasteiger charge is -2.13. The van der Waals surface area contributed by atoms with Gasteiger partial charge in [0.1, 0.15) is 29.5 Å². The maximum absolute atomic E-state index is 13.0. The van der Waals surface area contributed by atoms with Gasteiger partial charge in [0.2, 0.25) is 5.91 Å². The Morgan fingerprint density at radius 1 is 1.21 bits per heavy atom. The van der Waals surface area contributed by atoms with Crippen molar-refractivity contribution in [1.29, 1.82) is 0 Å². The van der Waals surface area contributed by atoms with E-state index in [1.165, 1.54) is 16.6 Å². The second-order valence-electron chi connectivity index (χ2n) is 7.73. The first-order valence-corrected chi connectivity index (χ1v) is 9.03.